The van der Waals surface area contributed by atoms with Crippen molar-refractivity contribution in [2.75, 3.05) is 0 Å². The molecule has 0 aliphatic carbocycles. The number of halogens is 4. The third-order valence-corrected chi connectivity index (χ3v) is 0.877. The van der Waals surface area contributed by atoms with E-state index >= 15 is 0 Å². The first-order valence-corrected chi connectivity index (χ1v) is 2.73. The van der Waals surface area contributed by atoms with E-state index in [1.54, 1.807) is 0 Å². The zero-order valence-electron chi connectivity index (χ0n) is 9.13. The van der Waals surface area contributed by atoms with Crippen molar-refractivity contribution < 1.29 is 31.8 Å². The normalized spacial score (nSPS) is 10.2. The molecule has 0 atom stereocenters. The fourth-order valence-corrected chi connectivity index (χ4v) is 0. The molecule has 0 amide bonds. The number of alkyl halides is 3. The molecule has 0 unspecified atom stereocenters. The molecule has 0 saturated heterocycles. The third kappa shape index (κ3) is 9.63. The minimum atomic E-state index is -5.84. The summed E-state index contributed by atoms with van der Waals surface area (Å²) in [6.45, 7) is 0. The van der Waals surface area contributed by atoms with Crippen LogP contribution in [0.1, 0.15) is 5.71 Å². The molecule has 0 heterocycles. The van der Waals surface area contributed by atoms with Crippen molar-refractivity contribution in [2.24, 2.45) is 0 Å². The average Bonchev–Trinajstić information content (AvgIpc) is 1.25. The molecule has 0 aromatic carbocycles. The van der Waals surface area contributed by atoms with Gasteiger partial charge in [0.25, 0.3) is 0 Å². The molecular weight excluding hydrogens is 278 g/mol. The van der Waals surface area contributed by atoms with E-state index in [1.807, 2.05) is 0 Å². The molecule has 0 aromatic rings. The predicted octanol–water partition coefficient (Wildman–Crippen LogP) is 0.660. The topological polar surface area (TPSA) is 54.4 Å². The van der Waals surface area contributed by atoms with Crippen LogP contribution in [0.5, 0.6) is 0 Å². The Morgan fingerprint density at radius 2 is 1.27 bits per heavy atom. The maximum Gasteiger partial charge on any atom is 2.00 e. The van der Waals surface area contributed by atoms with Gasteiger partial charge in [-0.25, -0.2) is 0 Å². The van der Waals surface area contributed by atoms with E-state index in [0.717, 1.165) is 0 Å². The Morgan fingerprint density at radius 1 is 1.18 bits per heavy atom. The fourth-order valence-electron chi connectivity index (χ4n) is 0. The van der Waals surface area contributed by atoms with Crippen LogP contribution in [0.3, 0.4) is 0 Å². The Hall–Kier alpha value is 1.71. The van der Waals surface area contributed by atoms with Crippen molar-refractivity contribution in [1.82, 2.24) is 0 Å². The van der Waals surface area contributed by atoms with Gasteiger partial charge in [0.15, 0.2) is 0 Å². The van der Waals surface area contributed by atoms with Gasteiger partial charge in [-0.1, -0.05) is 0 Å². The van der Waals surface area contributed by atoms with Crippen molar-refractivity contribution in [2.45, 2.75) is 5.51 Å². The molecular formula is CH6BrF3Mg2O3S. The third-order valence-electron chi connectivity index (χ3n) is 0.292. The van der Waals surface area contributed by atoms with Crippen LogP contribution in [0, 0.1) is 0 Å². The molecule has 0 aliphatic heterocycles. The minimum Gasteiger partial charge on any atom is -1.00 e. The van der Waals surface area contributed by atoms with Crippen LogP contribution in [0.2, 0.25) is 0 Å². The predicted molar refractivity (Wildman–Crippen MR) is 43.9 cm³/mol. The summed E-state index contributed by atoms with van der Waals surface area (Å²) in [5, 5.41) is 0. The van der Waals surface area contributed by atoms with Crippen LogP contribution in [-0.4, -0.2) is 64.6 Å². The maximum atomic E-state index is 10.7. The largest absolute Gasteiger partial charge is 2.00 e. The maximum absolute atomic E-state index is 10.7. The second kappa shape index (κ2) is 7.15. The molecule has 11 heavy (non-hydrogen) atoms. The molecule has 0 aliphatic rings. The van der Waals surface area contributed by atoms with Crippen LogP contribution in [0.4, 0.5) is 13.2 Å². The van der Waals surface area contributed by atoms with Gasteiger partial charge in [-0.2, -0.15) is 21.6 Å². The van der Waals surface area contributed by atoms with Crippen molar-refractivity contribution in [3.8, 4) is 0 Å². The van der Waals surface area contributed by atoms with Crippen molar-refractivity contribution in [3.63, 3.8) is 0 Å². The smallest absolute Gasteiger partial charge is 1.00 e. The van der Waals surface area contributed by atoms with Gasteiger partial charge in [-0.3, -0.25) is 4.55 Å². The fraction of sp³-hybridized carbons (Fsp3) is 1.00. The molecule has 1 N–H and O–H groups in total. The van der Waals surface area contributed by atoms with Crippen LogP contribution in [0.25, 0.3) is 0 Å². The van der Waals surface area contributed by atoms with Gasteiger partial charge in [-0.15, -0.1) is 17.0 Å². The monoisotopic (exact) mass is 282 g/mol. The molecule has 0 rings (SSSR count). The molecule has 10 heteroatoms. The summed E-state index contributed by atoms with van der Waals surface area (Å²) in [5.41, 5.74) is -5.53. The minimum absolute atomic E-state index is 0. The first-order chi connectivity index (χ1) is 3.25. The standard InChI is InChI=1S/CHF3O3S.BrH.2Mg.4H/c2-1(3,4)8(5,6)7;;;;;;;/h(H,5,6,7);1H;;;;;;/q;;2*+2;4*-1. The van der Waals surface area contributed by atoms with Gasteiger partial charge >= 0.3 is 61.7 Å². The average molecular weight is 284 g/mol. The summed E-state index contributed by atoms with van der Waals surface area (Å²) in [4.78, 5) is 0. The Morgan fingerprint density at radius 3 is 1.27 bits per heavy atom. The van der Waals surface area contributed by atoms with Crippen molar-refractivity contribution >= 4 is 73.2 Å². The van der Waals surface area contributed by atoms with Gasteiger partial charge in [-0.05, 0) is 0 Å². The molecule has 66 valence electrons. The first-order valence-electron chi connectivity index (χ1n) is 1.29. The van der Waals surface area contributed by atoms with Crippen molar-refractivity contribution in [1.29, 1.82) is 0 Å². The summed E-state index contributed by atoms with van der Waals surface area (Å²) >= 11 is 0. The van der Waals surface area contributed by atoms with Gasteiger partial charge in [0, 0.05) is 0 Å². The number of rotatable bonds is 0. The summed E-state index contributed by atoms with van der Waals surface area (Å²) in [7, 11) is -5.84. The van der Waals surface area contributed by atoms with E-state index in [1.165, 1.54) is 0 Å². The summed E-state index contributed by atoms with van der Waals surface area (Å²) in [5.74, 6) is 0. The van der Waals surface area contributed by atoms with Crippen LogP contribution in [-0.2, 0) is 10.1 Å². The summed E-state index contributed by atoms with van der Waals surface area (Å²) in [6, 6.07) is 0. The Kier molecular flexibility index (Phi) is 14.9. The summed E-state index contributed by atoms with van der Waals surface area (Å²) in [6.07, 6.45) is 0. The summed E-state index contributed by atoms with van der Waals surface area (Å²) < 4.78 is 57.5. The molecule has 3 nitrogen and oxygen atoms in total. The zero-order chi connectivity index (χ0) is 7.00. The zero-order valence-corrected chi connectivity index (χ0v) is 10.5. The van der Waals surface area contributed by atoms with Crippen LogP contribution in [0.15, 0.2) is 0 Å². The van der Waals surface area contributed by atoms with E-state index in [4.69, 9.17) is 13.0 Å². The molecule has 0 spiro atoms. The number of hydrogen-bond acceptors (Lipinski definition) is 2. The number of hydrogen-bond donors (Lipinski definition) is 1. The van der Waals surface area contributed by atoms with Crippen molar-refractivity contribution in [3.05, 3.63) is 0 Å². The van der Waals surface area contributed by atoms with Gasteiger partial charge in [0.05, 0.1) is 0 Å². The molecule has 0 radical (unpaired) electrons. The van der Waals surface area contributed by atoms with Crippen LogP contribution >= 0.6 is 17.0 Å². The van der Waals surface area contributed by atoms with E-state index in [2.05, 4.69) is 0 Å². The second-order valence-corrected chi connectivity index (χ2v) is 2.33. The molecule has 0 saturated carbocycles. The Balaban J connectivity index is -0.0000000117. The van der Waals surface area contributed by atoms with E-state index in [0.29, 0.717) is 0 Å². The molecule has 0 bridgehead atoms. The Labute approximate surface area is 110 Å². The van der Waals surface area contributed by atoms with E-state index < -0.39 is 15.6 Å². The SMILES string of the molecule is Br.O=S(=O)(O)C(F)(F)F.[H-].[H-].[H-].[H-].[Mg+2].[Mg+2]. The van der Waals surface area contributed by atoms with E-state index in [9.17, 15) is 13.2 Å². The quantitative estimate of drug-likeness (QED) is 0.404. The van der Waals surface area contributed by atoms with E-state index in [-0.39, 0.29) is 68.8 Å². The molecule has 0 aromatic heterocycles. The second-order valence-electron chi connectivity index (χ2n) is 0.921. The molecule has 0 fully saturated rings. The Bertz CT molecular complexity index is 188. The van der Waals surface area contributed by atoms with Crippen LogP contribution < -0.4 is 0 Å². The first kappa shape index (κ1) is 23.0. The van der Waals surface area contributed by atoms with Gasteiger partial charge in [0.1, 0.15) is 0 Å². The van der Waals surface area contributed by atoms with Gasteiger partial charge < -0.3 is 5.71 Å². The van der Waals surface area contributed by atoms with Gasteiger partial charge in [0.2, 0.25) is 0 Å².